The van der Waals surface area contributed by atoms with Crippen molar-refractivity contribution in [2.75, 3.05) is 25.2 Å². The number of methoxy groups -OCH3 is 1. The normalized spacial score (nSPS) is 17.0. The summed E-state index contributed by atoms with van der Waals surface area (Å²) in [4.78, 5) is 23.9. The quantitative estimate of drug-likeness (QED) is 0.649. The summed E-state index contributed by atoms with van der Waals surface area (Å²) in [7, 11) is 1.63. The van der Waals surface area contributed by atoms with Crippen molar-refractivity contribution in [1.82, 2.24) is 15.3 Å². The van der Waals surface area contributed by atoms with Crippen molar-refractivity contribution in [3.63, 3.8) is 0 Å². The molecule has 1 fully saturated rings. The molecule has 156 valence electrons. The molecule has 0 aliphatic carbocycles. The lowest BCUT2D eigenvalue weighted by Gasteiger charge is -2.27. The third kappa shape index (κ3) is 4.30. The van der Waals surface area contributed by atoms with Crippen LogP contribution in [0.4, 0.5) is 5.82 Å². The van der Waals surface area contributed by atoms with E-state index in [4.69, 9.17) is 9.47 Å². The molecule has 7 nitrogen and oxygen atoms in total. The summed E-state index contributed by atoms with van der Waals surface area (Å²) in [5.74, 6) is 2.34. The minimum Gasteiger partial charge on any atom is -0.497 e. The molecule has 7 heteroatoms. The van der Waals surface area contributed by atoms with Crippen molar-refractivity contribution >= 4 is 22.6 Å². The van der Waals surface area contributed by atoms with Crippen LogP contribution < -0.4 is 19.7 Å². The van der Waals surface area contributed by atoms with Crippen LogP contribution in [-0.4, -0.2) is 48.2 Å². The van der Waals surface area contributed by atoms with Crippen molar-refractivity contribution in [2.24, 2.45) is 0 Å². The van der Waals surface area contributed by atoms with E-state index in [2.05, 4.69) is 20.2 Å². The monoisotopic (exact) mass is 406 g/mol. The summed E-state index contributed by atoms with van der Waals surface area (Å²) >= 11 is 0. The van der Waals surface area contributed by atoms with Gasteiger partial charge in [-0.05, 0) is 56.2 Å². The molecule has 1 aliphatic heterocycles. The Hall–Kier alpha value is -3.35. The summed E-state index contributed by atoms with van der Waals surface area (Å²) in [6.45, 7) is 3.14. The highest BCUT2D eigenvalue weighted by Crippen LogP contribution is 2.29. The molecule has 1 aliphatic rings. The molecule has 1 saturated heterocycles. The number of benzene rings is 2. The Morgan fingerprint density at radius 3 is 2.73 bits per heavy atom. The second-order valence-electron chi connectivity index (χ2n) is 7.46. The minimum atomic E-state index is -0.244. The zero-order valence-corrected chi connectivity index (χ0v) is 17.2. The maximum atomic E-state index is 13.0. The van der Waals surface area contributed by atoms with Crippen LogP contribution in [0, 0.1) is 0 Å². The minimum absolute atomic E-state index is 0.000948. The fourth-order valence-corrected chi connectivity index (χ4v) is 3.79. The van der Waals surface area contributed by atoms with E-state index >= 15 is 0 Å². The highest BCUT2D eigenvalue weighted by atomic mass is 16.5. The topological polar surface area (TPSA) is 76.6 Å². The Bertz CT molecular complexity index is 1000. The molecule has 0 radical (unpaired) electrons. The van der Waals surface area contributed by atoms with Crippen LogP contribution in [0.25, 0.3) is 10.9 Å². The highest BCUT2D eigenvalue weighted by Gasteiger charge is 2.33. The van der Waals surface area contributed by atoms with Crippen molar-refractivity contribution in [3.8, 4) is 11.5 Å². The summed E-state index contributed by atoms with van der Waals surface area (Å²) in [5.41, 5.74) is 0.884. The van der Waals surface area contributed by atoms with Gasteiger partial charge in [0.05, 0.1) is 18.7 Å². The highest BCUT2D eigenvalue weighted by molar-refractivity contribution is 5.93. The van der Waals surface area contributed by atoms with Gasteiger partial charge in [-0.15, -0.1) is 0 Å². The van der Waals surface area contributed by atoms with Gasteiger partial charge in [0.2, 0.25) is 5.91 Å². The molecule has 2 aromatic carbocycles. The lowest BCUT2D eigenvalue weighted by molar-refractivity contribution is -0.123. The molecule has 3 aromatic rings. The molecule has 2 atom stereocenters. The van der Waals surface area contributed by atoms with Crippen LogP contribution in [0.1, 0.15) is 19.8 Å². The standard InChI is InChI=1S/C23H26N4O3/c1-16(14-30-18-11-9-17(29-2)10-12-18)26-23(28)21-8-5-13-27(21)22-19-6-3-4-7-20(19)24-15-25-22/h3-4,6-7,9-12,15-16,21H,5,8,13-14H2,1-2H3,(H,26,28). The number of nitrogens with one attached hydrogen (secondary N) is 1. The van der Waals surface area contributed by atoms with Gasteiger partial charge in [-0.2, -0.15) is 0 Å². The van der Waals surface area contributed by atoms with Gasteiger partial charge in [-0.3, -0.25) is 4.79 Å². The van der Waals surface area contributed by atoms with Crippen molar-refractivity contribution in [3.05, 3.63) is 54.9 Å². The lowest BCUT2D eigenvalue weighted by atomic mass is 10.1. The largest absolute Gasteiger partial charge is 0.497 e. The number of fused-ring (bicyclic) bond motifs is 1. The first kappa shape index (κ1) is 19.9. The molecule has 1 aromatic heterocycles. The SMILES string of the molecule is COc1ccc(OCC(C)NC(=O)C2CCCN2c2ncnc3ccccc23)cc1. The van der Waals surface area contributed by atoms with Crippen molar-refractivity contribution in [2.45, 2.75) is 31.8 Å². The van der Waals surface area contributed by atoms with E-state index < -0.39 is 0 Å². The predicted molar refractivity (Wildman–Crippen MR) is 116 cm³/mol. The number of anilines is 1. The van der Waals surface area contributed by atoms with Crippen LogP contribution in [0.5, 0.6) is 11.5 Å². The first-order chi connectivity index (χ1) is 14.7. The van der Waals surface area contributed by atoms with Gasteiger partial charge in [0.15, 0.2) is 0 Å². The van der Waals surface area contributed by atoms with E-state index in [0.29, 0.717) is 6.61 Å². The first-order valence-electron chi connectivity index (χ1n) is 10.2. The molecular formula is C23H26N4O3. The number of carbonyl (C=O) groups is 1. The molecule has 1 amide bonds. The molecule has 2 unspecified atom stereocenters. The number of aromatic nitrogens is 2. The van der Waals surface area contributed by atoms with Gasteiger partial charge >= 0.3 is 0 Å². The smallest absolute Gasteiger partial charge is 0.243 e. The molecule has 0 spiro atoms. The van der Waals surface area contributed by atoms with E-state index in [1.54, 1.807) is 13.4 Å². The number of hydrogen-bond donors (Lipinski definition) is 1. The van der Waals surface area contributed by atoms with Crippen LogP contribution in [0.2, 0.25) is 0 Å². The van der Waals surface area contributed by atoms with Crippen LogP contribution >= 0.6 is 0 Å². The molecule has 30 heavy (non-hydrogen) atoms. The Morgan fingerprint density at radius 1 is 1.17 bits per heavy atom. The summed E-state index contributed by atoms with van der Waals surface area (Å²) in [6, 6.07) is 14.9. The van der Waals surface area contributed by atoms with Crippen molar-refractivity contribution in [1.29, 1.82) is 0 Å². The number of amides is 1. The average Bonchev–Trinajstić information content (AvgIpc) is 3.27. The molecule has 0 saturated carbocycles. The fraction of sp³-hybridized carbons (Fsp3) is 0.348. The average molecular weight is 406 g/mol. The van der Waals surface area contributed by atoms with Crippen LogP contribution in [0.3, 0.4) is 0 Å². The number of carbonyl (C=O) groups excluding carboxylic acids is 1. The van der Waals surface area contributed by atoms with Gasteiger partial charge in [-0.1, -0.05) is 12.1 Å². The molecule has 4 rings (SSSR count). The zero-order chi connectivity index (χ0) is 20.9. The predicted octanol–water partition coefficient (Wildman–Crippen LogP) is 3.19. The van der Waals surface area contributed by atoms with Gasteiger partial charge in [0.25, 0.3) is 0 Å². The first-order valence-corrected chi connectivity index (χ1v) is 10.2. The van der Waals surface area contributed by atoms with E-state index in [0.717, 1.165) is 47.6 Å². The third-order valence-corrected chi connectivity index (χ3v) is 5.30. The van der Waals surface area contributed by atoms with Gasteiger partial charge in [0.1, 0.15) is 36.3 Å². The van der Waals surface area contributed by atoms with E-state index in [9.17, 15) is 4.79 Å². The van der Waals surface area contributed by atoms with Gasteiger partial charge in [0, 0.05) is 11.9 Å². The molecule has 2 heterocycles. The second kappa shape index (κ2) is 8.98. The van der Waals surface area contributed by atoms with E-state index in [-0.39, 0.29) is 18.0 Å². The van der Waals surface area contributed by atoms with Crippen LogP contribution in [-0.2, 0) is 4.79 Å². The van der Waals surface area contributed by atoms with Crippen LogP contribution in [0.15, 0.2) is 54.9 Å². The fourth-order valence-electron chi connectivity index (χ4n) is 3.79. The number of nitrogens with zero attached hydrogens (tertiary/aromatic N) is 3. The third-order valence-electron chi connectivity index (χ3n) is 5.30. The van der Waals surface area contributed by atoms with E-state index in [1.807, 2.05) is 55.5 Å². The van der Waals surface area contributed by atoms with E-state index in [1.165, 1.54) is 0 Å². The molecule has 0 bridgehead atoms. The summed E-state index contributed by atoms with van der Waals surface area (Å²) in [5, 5.41) is 4.06. The molecular weight excluding hydrogens is 380 g/mol. The summed E-state index contributed by atoms with van der Waals surface area (Å²) in [6.07, 6.45) is 3.32. The Kier molecular flexibility index (Phi) is 5.97. The maximum absolute atomic E-state index is 13.0. The number of ether oxygens (including phenoxy) is 2. The number of hydrogen-bond acceptors (Lipinski definition) is 6. The van der Waals surface area contributed by atoms with Gasteiger partial charge in [-0.25, -0.2) is 9.97 Å². The maximum Gasteiger partial charge on any atom is 0.243 e. The Morgan fingerprint density at radius 2 is 1.93 bits per heavy atom. The lowest BCUT2D eigenvalue weighted by Crippen LogP contribution is -2.48. The molecule has 1 N–H and O–H groups in total. The number of para-hydroxylation sites is 1. The zero-order valence-electron chi connectivity index (χ0n) is 17.2. The second-order valence-corrected chi connectivity index (χ2v) is 7.46. The van der Waals surface area contributed by atoms with Crippen molar-refractivity contribution < 1.29 is 14.3 Å². The number of rotatable bonds is 7. The summed E-state index contributed by atoms with van der Waals surface area (Å²) < 4.78 is 10.9. The Labute approximate surface area is 176 Å². The van der Waals surface area contributed by atoms with Gasteiger partial charge < -0.3 is 19.7 Å². The Balaban J connectivity index is 1.39.